The SMILES string of the molecule is C=C/C=C\C(=C/C)N(C(/C=C\C=C)=C/C)c1ccc(-c2ccccc2B(O)O)cc1. The van der Waals surface area contributed by atoms with Crippen LogP contribution in [0.2, 0.25) is 0 Å². The van der Waals surface area contributed by atoms with Crippen LogP contribution in [-0.2, 0) is 0 Å². The molecule has 0 saturated heterocycles. The zero-order valence-corrected chi connectivity index (χ0v) is 17.6. The Morgan fingerprint density at radius 2 is 1.37 bits per heavy atom. The van der Waals surface area contributed by atoms with Crippen molar-refractivity contribution in [2.24, 2.45) is 0 Å². The van der Waals surface area contributed by atoms with Crippen LogP contribution in [0.25, 0.3) is 11.1 Å². The van der Waals surface area contributed by atoms with Gasteiger partial charge in [-0.15, -0.1) is 0 Å². The summed E-state index contributed by atoms with van der Waals surface area (Å²) in [5.74, 6) is 0. The number of allylic oxidation sites excluding steroid dienone is 8. The average Bonchev–Trinajstić information content (AvgIpc) is 2.78. The van der Waals surface area contributed by atoms with Crippen LogP contribution < -0.4 is 10.4 Å². The first kappa shape index (κ1) is 22.9. The molecule has 0 radical (unpaired) electrons. The molecule has 0 aromatic heterocycles. The maximum Gasteiger partial charge on any atom is 0.489 e. The van der Waals surface area contributed by atoms with Gasteiger partial charge in [-0.3, -0.25) is 0 Å². The summed E-state index contributed by atoms with van der Waals surface area (Å²) < 4.78 is 0. The molecule has 2 aromatic rings. The molecule has 30 heavy (non-hydrogen) atoms. The number of rotatable bonds is 9. The molecule has 0 saturated carbocycles. The lowest BCUT2D eigenvalue weighted by Gasteiger charge is -2.27. The Hall–Kier alpha value is -3.34. The van der Waals surface area contributed by atoms with E-state index in [2.05, 4.69) is 18.1 Å². The van der Waals surface area contributed by atoms with Gasteiger partial charge in [0.1, 0.15) is 0 Å². The molecule has 0 spiro atoms. The van der Waals surface area contributed by atoms with Crippen LogP contribution >= 0.6 is 0 Å². The van der Waals surface area contributed by atoms with Crippen molar-refractivity contribution in [3.8, 4) is 11.1 Å². The first-order valence-electron chi connectivity index (χ1n) is 9.83. The van der Waals surface area contributed by atoms with Gasteiger partial charge in [0.15, 0.2) is 0 Å². The standard InChI is InChI=1S/C26H28BNO2/c1-5-9-13-22(7-3)28(23(8-4)14-10-6-2)24-19-17-21(18-20-24)25-15-11-12-16-26(25)27(29)30/h5-20,29-30H,1-2H2,3-4H3/b13-9-,14-10-,22-7+,23-8+. The van der Waals surface area contributed by atoms with Gasteiger partial charge < -0.3 is 14.9 Å². The van der Waals surface area contributed by atoms with Crippen molar-refractivity contribution in [2.45, 2.75) is 13.8 Å². The summed E-state index contributed by atoms with van der Waals surface area (Å²) in [6.07, 6.45) is 15.4. The average molecular weight is 397 g/mol. The van der Waals surface area contributed by atoms with E-state index in [0.717, 1.165) is 28.2 Å². The number of hydrogen-bond donors (Lipinski definition) is 2. The van der Waals surface area contributed by atoms with Gasteiger partial charge in [0.2, 0.25) is 0 Å². The molecule has 0 unspecified atom stereocenters. The Bertz CT molecular complexity index is 948. The van der Waals surface area contributed by atoms with E-state index in [1.54, 1.807) is 24.3 Å². The predicted molar refractivity (Wildman–Crippen MR) is 130 cm³/mol. The Labute approximate surface area is 180 Å². The highest BCUT2D eigenvalue weighted by Gasteiger charge is 2.17. The van der Waals surface area contributed by atoms with Crippen LogP contribution in [0.1, 0.15) is 13.8 Å². The van der Waals surface area contributed by atoms with Crippen molar-refractivity contribution in [1.82, 2.24) is 0 Å². The number of nitrogens with zero attached hydrogens (tertiary/aromatic N) is 1. The first-order valence-corrected chi connectivity index (χ1v) is 9.83. The second kappa shape index (κ2) is 11.6. The Balaban J connectivity index is 2.55. The summed E-state index contributed by atoms with van der Waals surface area (Å²) in [4.78, 5) is 2.14. The molecular formula is C26H28BNO2. The molecule has 0 aliphatic rings. The lowest BCUT2D eigenvalue weighted by atomic mass is 9.75. The normalized spacial score (nSPS) is 12.4. The Morgan fingerprint density at radius 3 is 1.83 bits per heavy atom. The van der Waals surface area contributed by atoms with Crippen molar-refractivity contribution in [1.29, 1.82) is 0 Å². The van der Waals surface area contributed by atoms with E-state index < -0.39 is 7.12 Å². The van der Waals surface area contributed by atoms with Crippen molar-refractivity contribution < 1.29 is 10.0 Å². The number of benzene rings is 2. The van der Waals surface area contributed by atoms with E-state index in [1.807, 2.05) is 86.7 Å². The highest BCUT2D eigenvalue weighted by atomic mass is 16.4. The zero-order chi connectivity index (χ0) is 21.9. The molecule has 2 aromatic carbocycles. The molecule has 152 valence electrons. The molecule has 0 fully saturated rings. The van der Waals surface area contributed by atoms with Crippen LogP contribution in [0.5, 0.6) is 0 Å². The minimum atomic E-state index is -1.52. The molecule has 0 amide bonds. The summed E-state index contributed by atoms with van der Waals surface area (Å²) in [5.41, 5.74) is 5.15. The summed E-state index contributed by atoms with van der Waals surface area (Å²) in [6.45, 7) is 11.5. The highest BCUT2D eigenvalue weighted by Crippen LogP contribution is 2.29. The lowest BCUT2D eigenvalue weighted by Crippen LogP contribution is -2.31. The molecule has 0 heterocycles. The monoisotopic (exact) mass is 397 g/mol. The van der Waals surface area contributed by atoms with Crippen molar-refractivity contribution >= 4 is 18.3 Å². The van der Waals surface area contributed by atoms with Gasteiger partial charge in [-0.1, -0.05) is 86.0 Å². The smallest absolute Gasteiger partial charge is 0.423 e. The van der Waals surface area contributed by atoms with Gasteiger partial charge in [-0.25, -0.2) is 0 Å². The third kappa shape index (κ3) is 5.60. The van der Waals surface area contributed by atoms with E-state index in [4.69, 9.17) is 0 Å². The van der Waals surface area contributed by atoms with Crippen LogP contribution in [0.15, 0.2) is 122 Å². The third-order valence-corrected chi connectivity index (χ3v) is 4.59. The fraction of sp³-hybridized carbons (Fsp3) is 0.0769. The van der Waals surface area contributed by atoms with E-state index in [0.29, 0.717) is 5.46 Å². The van der Waals surface area contributed by atoms with Gasteiger partial charge >= 0.3 is 7.12 Å². The molecule has 2 N–H and O–H groups in total. The summed E-state index contributed by atoms with van der Waals surface area (Å²) in [7, 11) is -1.52. The lowest BCUT2D eigenvalue weighted by molar-refractivity contribution is 0.426. The highest BCUT2D eigenvalue weighted by molar-refractivity contribution is 6.60. The van der Waals surface area contributed by atoms with E-state index in [9.17, 15) is 10.0 Å². The third-order valence-electron chi connectivity index (χ3n) is 4.59. The summed E-state index contributed by atoms with van der Waals surface area (Å²) in [5, 5.41) is 19.4. The molecule has 3 nitrogen and oxygen atoms in total. The van der Waals surface area contributed by atoms with Gasteiger partial charge in [-0.05, 0) is 54.7 Å². The fourth-order valence-electron chi connectivity index (χ4n) is 3.16. The van der Waals surface area contributed by atoms with Crippen molar-refractivity contribution in [2.75, 3.05) is 4.90 Å². The maximum absolute atomic E-state index is 9.68. The zero-order valence-electron chi connectivity index (χ0n) is 17.6. The van der Waals surface area contributed by atoms with Crippen molar-refractivity contribution in [3.63, 3.8) is 0 Å². The first-order chi connectivity index (χ1) is 14.6. The minimum Gasteiger partial charge on any atom is -0.423 e. The molecule has 2 rings (SSSR count). The van der Waals surface area contributed by atoms with E-state index >= 15 is 0 Å². The van der Waals surface area contributed by atoms with Crippen molar-refractivity contribution in [3.05, 3.63) is 122 Å². The number of anilines is 1. The molecule has 0 bridgehead atoms. The van der Waals surface area contributed by atoms with Gasteiger partial charge in [0.25, 0.3) is 0 Å². The van der Waals surface area contributed by atoms with Crippen LogP contribution in [0.4, 0.5) is 5.69 Å². The second-order valence-corrected chi connectivity index (χ2v) is 6.46. The Kier molecular flexibility index (Phi) is 8.88. The molecule has 0 atom stereocenters. The molecular weight excluding hydrogens is 369 g/mol. The topological polar surface area (TPSA) is 43.7 Å². The molecule has 0 aliphatic carbocycles. The maximum atomic E-state index is 9.68. The van der Waals surface area contributed by atoms with Crippen LogP contribution in [0.3, 0.4) is 0 Å². The largest absolute Gasteiger partial charge is 0.489 e. The quantitative estimate of drug-likeness (QED) is 0.455. The molecule has 0 aliphatic heterocycles. The predicted octanol–water partition coefficient (Wildman–Crippen LogP) is 5.13. The number of hydrogen-bond acceptors (Lipinski definition) is 3. The van der Waals surface area contributed by atoms with E-state index in [-0.39, 0.29) is 0 Å². The minimum absolute atomic E-state index is 0.480. The van der Waals surface area contributed by atoms with Crippen LogP contribution in [0, 0.1) is 0 Å². The van der Waals surface area contributed by atoms with Gasteiger partial charge in [0, 0.05) is 17.1 Å². The van der Waals surface area contributed by atoms with Gasteiger partial charge in [-0.2, -0.15) is 0 Å². The fourth-order valence-corrected chi connectivity index (χ4v) is 3.16. The second-order valence-electron chi connectivity index (χ2n) is 6.46. The van der Waals surface area contributed by atoms with Gasteiger partial charge in [0.05, 0.1) is 0 Å². The van der Waals surface area contributed by atoms with E-state index in [1.165, 1.54) is 0 Å². The summed E-state index contributed by atoms with van der Waals surface area (Å²) in [6, 6.07) is 15.3. The summed E-state index contributed by atoms with van der Waals surface area (Å²) >= 11 is 0. The van der Waals surface area contributed by atoms with Crippen LogP contribution in [-0.4, -0.2) is 17.2 Å². The molecule has 4 heteroatoms. The Morgan fingerprint density at radius 1 is 0.833 bits per heavy atom.